The van der Waals surface area contributed by atoms with Crippen LogP contribution in [0.5, 0.6) is 5.75 Å². The van der Waals surface area contributed by atoms with Crippen LogP contribution in [0.25, 0.3) is 10.9 Å². The summed E-state index contributed by atoms with van der Waals surface area (Å²) in [7, 11) is 1.59. The van der Waals surface area contributed by atoms with Crippen LogP contribution in [0.15, 0.2) is 53.3 Å². The van der Waals surface area contributed by atoms with Crippen LogP contribution >= 0.6 is 0 Å². The average molecular weight is 348 g/mol. The molecule has 0 fully saturated rings. The number of fused-ring (bicyclic) bond motifs is 1. The second-order valence-electron chi connectivity index (χ2n) is 5.68. The van der Waals surface area contributed by atoms with E-state index >= 15 is 0 Å². The van der Waals surface area contributed by atoms with Crippen molar-refractivity contribution in [3.8, 4) is 11.8 Å². The molecule has 1 N–H and O–H groups in total. The molecule has 0 aliphatic heterocycles. The number of nitrogens with one attached hydrogen (secondary N) is 1. The fourth-order valence-corrected chi connectivity index (χ4v) is 2.46. The molecule has 1 amide bonds. The SMILES string of the molecule is CN(Cc1nc2ccccc2c(=O)[nH]1)C(=O)COc1ccccc1C#N. The van der Waals surface area contributed by atoms with Crippen molar-refractivity contribution in [3.05, 3.63) is 70.3 Å². The van der Waals surface area contributed by atoms with E-state index in [4.69, 9.17) is 10.00 Å². The van der Waals surface area contributed by atoms with Gasteiger partial charge in [-0.15, -0.1) is 0 Å². The molecule has 0 atom stereocenters. The van der Waals surface area contributed by atoms with Crippen molar-refractivity contribution in [1.29, 1.82) is 5.26 Å². The summed E-state index contributed by atoms with van der Waals surface area (Å²) in [4.78, 5) is 32.8. The number of amides is 1. The summed E-state index contributed by atoms with van der Waals surface area (Å²) in [5.74, 6) is 0.449. The number of aromatic amines is 1. The number of nitrogens with zero attached hydrogens (tertiary/aromatic N) is 3. The lowest BCUT2D eigenvalue weighted by molar-refractivity contribution is -0.132. The minimum Gasteiger partial charge on any atom is -0.482 e. The maximum Gasteiger partial charge on any atom is 0.260 e. The summed E-state index contributed by atoms with van der Waals surface area (Å²) in [5.41, 5.74) is 0.695. The third-order valence-corrected chi connectivity index (χ3v) is 3.83. The number of nitriles is 1. The molecule has 2 aromatic carbocycles. The topological polar surface area (TPSA) is 99.1 Å². The molecule has 0 saturated heterocycles. The van der Waals surface area contributed by atoms with Crippen LogP contribution in [-0.2, 0) is 11.3 Å². The highest BCUT2D eigenvalue weighted by atomic mass is 16.5. The molecular formula is C19H16N4O3. The Balaban J connectivity index is 1.68. The van der Waals surface area contributed by atoms with Gasteiger partial charge in [-0.2, -0.15) is 5.26 Å². The van der Waals surface area contributed by atoms with Gasteiger partial charge in [-0.05, 0) is 24.3 Å². The van der Waals surface area contributed by atoms with E-state index in [0.29, 0.717) is 28.0 Å². The number of H-pyrrole nitrogens is 1. The standard InChI is InChI=1S/C19H16N4O3/c1-23(18(24)12-26-16-9-5-2-6-13(16)10-20)11-17-21-15-8-4-3-7-14(15)19(25)22-17/h2-9H,11-12H2,1H3,(H,21,22,25). The number of likely N-dealkylation sites (N-methyl/N-ethyl adjacent to an activating group) is 1. The molecule has 0 aliphatic carbocycles. The number of carbonyl (C=O) groups excluding carboxylic acids is 1. The Hall–Kier alpha value is -3.66. The van der Waals surface area contributed by atoms with Crippen molar-refractivity contribution < 1.29 is 9.53 Å². The minimum absolute atomic E-state index is 0.141. The number of aromatic nitrogens is 2. The molecule has 26 heavy (non-hydrogen) atoms. The quantitative estimate of drug-likeness (QED) is 0.758. The maximum atomic E-state index is 12.3. The molecule has 0 aliphatic rings. The molecule has 3 aromatic rings. The number of hydrogen-bond acceptors (Lipinski definition) is 5. The highest BCUT2D eigenvalue weighted by Gasteiger charge is 2.13. The largest absolute Gasteiger partial charge is 0.482 e. The van der Waals surface area contributed by atoms with Crippen LogP contribution < -0.4 is 10.3 Å². The number of para-hydroxylation sites is 2. The van der Waals surface area contributed by atoms with Gasteiger partial charge in [-0.25, -0.2) is 4.98 Å². The summed E-state index contributed by atoms with van der Waals surface area (Å²) in [6.45, 7) is -0.0742. The fourth-order valence-electron chi connectivity index (χ4n) is 2.46. The molecule has 7 heteroatoms. The summed E-state index contributed by atoms with van der Waals surface area (Å²) in [5, 5.41) is 9.53. The van der Waals surface area contributed by atoms with E-state index in [1.165, 1.54) is 4.90 Å². The van der Waals surface area contributed by atoms with Crippen molar-refractivity contribution in [2.24, 2.45) is 0 Å². The smallest absolute Gasteiger partial charge is 0.260 e. The monoisotopic (exact) mass is 348 g/mol. The normalized spacial score (nSPS) is 10.3. The Labute approximate surface area is 149 Å². The molecule has 1 aromatic heterocycles. The van der Waals surface area contributed by atoms with E-state index in [9.17, 15) is 9.59 Å². The van der Waals surface area contributed by atoms with Crippen molar-refractivity contribution in [2.75, 3.05) is 13.7 Å². The Morgan fingerprint density at radius 2 is 1.96 bits per heavy atom. The summed E-state index contributed by atoms with van der Waals surface area (Å²) in [6, 6.07) is 15.7. The number of benzene rings is 2. The molecule has 0 spiro atoms. The van der Waals surface area contributed by atoms with Gasteiger partial charge in [0.25, 0.3) is 11.5 Å². The number of carbonyl (C=O) groups is 1. The van der Waals surface area contributed by atoms with E-state index in [1.807, 2.05) is 6.07 Å². The Morgan fingerprint density at radius 3 is 2.77 bits per heavy atom. The molecule has 0 bridgehead atoms. The van der Waals surface area contributed by atoms with Gasteiger partial charge in [0.2, 0.25) is 0 Å². The Morgan fingerprint density at radius 1 is 1.23 bits per heavy atom. The second kappa shape index (κ2) is 7.49. The minimum atomic E-state index is -0.298. The summed E-state index contributed by atoms with van der Waals surface area (Å²) < 4.78 is 5.44. The van der Waals surface area contributed by atoms with Gasteiger partial charge < -0.3 is 14.6 Å². The van der Waals surface area contributed by atoms with Crippen LogP contribution in [0.2, 0.25) is 0 Å². The van der Waals surface area contributed by atoms with Crippen molar-refractivity contribution >= 4 is 16.8 Å². The van der Waals surface area contributed by atoms with Crippen molar-refractivity contribution in [3.63, 3.8) is 0 Å². The highest BCUT2D eigenvalue weighted by Crippen LogP contribution is 2.16. The maximum absolute atomic E-state index is 12.3. The lowest BCUT2D eigenvalue weighted by Gasteiger charge is -2.17. The number of ether oxygens (including phenoxy) is 1. The van der Waals surface area contributed by atoms with E-state index in [-0.39, 0.29) is 24.6 Å². The van der Waals surface area contributed by atoms with E-state index < -0.39 is 0 Å². The number of rotatable bonds is 5. The van der Waals surface area contributed by atoms with Gasteiger partial charge in [-0.3, -0.25) is 9.59 Å². The van der Waals surface area contributed by atoms with E-state index in [1.54, 1.807) is 55.6 Å². The zero-order valence-electron chi connectivity index (χ0n) is 14.1. The first kappa shape index (κ1) is 17.2. The van der Waals surface area contributed by atoms with Crippen LogP contribution in [-0.4, -0.2) is 34.4 Å². The molecule has 0 saturated carbocycles. The highest BCUT2D eigenvalue weighted by molar-refractivity contribution is 5.78. The van der Waals surface area contributed by atoms with E-state index in [0.717, 1.165) is 0 Å². The summed E-state index contributed by atoms with van der Waals surface area (Å²) >= 11 is 0. The Kier molecular flexibility index (Phi) is 4.94. The van der Waals surface area contributed by atoms with Crippen LogP contribution in [0.1, 0.15) is 11.4 Å². The van der Waals surface area contributed by atoms with Crippen LogP contribution in [0.4, 0.5) is 0 Å². The number of hydrogen-bond donors (Lipinski definition) is 1. The zero-order chi connectivity index (χ0) is 18.5. The molecule has 0 unspecified atom stereocenters. The van der Waals surface area contributed by atoms with Gasteiger partial charge in [0.05, 0.1) is 23.0 Å². The molecule has 0 radical (unpaired) electrons. The molecule has 130 valence electrons. The average Bonchev–Trinajstić information content (AvgIpc) is 2.66. The predicted molar refractivity (Wildman–Crippen MR) is 95.5 cm³/mol. The first-order valence-corrected chi connectivity index (χ1v) is 7.92. The fraction of sp³-hybridized carbons (Fsp3) is 0.158. The van der Waals surface area contributed by atoms with Crippen LogP contribution in [0, 0.1) is 11.3 Å². The van der Waals surface area contributed by atoms with Gasteiger partial charge in [-0.1, -0.05) is 24.3 Å². The summed E-state index contributed by atoms with van der Waals surface area (Å²) in [6.07, 6.45) is 0. The first-order chi connectivity index (χ1) is 12.6. The van der Waals surface area contributed by atoms with Gasteiger partial charge in [0.15, 0.2) is 6.61 Å². The van der Waals surface area contributed by atoms with E-state index in [2.05, 4.69) is 9.97 Å². The molecule has 3 rings (SSSR count). The van der Waals surface area contributed by atoms with Crippen molar-refractivity contribution in [1.82, 2.24) is 14.9 Å². The third kappa shape index (κ3) is 3.70. The van der Waals surface area contributed by atoms with Crippen LogP contribution in [0.3, 0.4) is 0 Å². The van der Waals surface area contributed by atoms with Gasteiger partial charge in [0, 0.05) is 7.05 Å². The predicted octanol–water partition coefficient (Wildman–Crippen LogP) is 1.83. The first-order valence-electron chi connectivity index (χ1n) is 7.92. The lowest BCUT2D eigenvalue weighted by atomic mass is 10.2. The van der Waals surface area contributed by atoms with Crippen molar-refractivity contribution in [2.45, 2.75) is 6.54 Å². The molecule has 7 nitrogen and oxygen atoms in total. The lowest BCUT2D eigenvalue weighted by Crippen LogP contribution is -2.32. The molecular weight excluding hydrogens is 332 g/mol. The zero-order valence-corrected chi connectivity index (χ0v) is 14.1. The van der Waals surface area contributed by atoms with Gasteiger partial charge in [0.1, 0.15) is 17.6 Å². The third-order valence-electron chi connectivity index (χ3n) is 3.83. The van der Waals surface area contributed by atoms with Gasteiger partial charge >= 0.3 is 0 Å². The second-order valence-corrected chi connectivity index (χ2v) is 5.68. The Bertz CT molecular complexity index is 1050. The molecule has 1 heterocycles.